The summed E-state index contributed by atoms with van der Waals surface area (Å²) in [6.45, 7) is 4.93. The van der Waals surface area contributed by atoms with Crippen molar-refractivity contribution in [2.75, 3.05) is 19.6 Å². The molecular formula is C18H28N4O4. The Morgan fingerprint density at radius 3 is 2.42 bits per heavy atom. The van der Waals surface area contributed by atoms with Crippen LogP contribution in [0.4, 0.5) is 4.79 Å². The summed E-state index contributed by atoms with van der Waals surface area (Å²) >= 11 is 0. The lowest BCUT2D eigenvalue weighted by Gasteiger charge is -2.35. The van der Waals surface area contributed by atoms with Gasteiger partial charge in [-0.15, -0.1) is 0 Å². The van der Waals surface area contributed by atoms with Crippen molar-refractivity contribution in [1.29, 1.82) is 0 Å². The Balaban J connectivity index is 1.57. The first-order valence-electron chi connectivity index (χ1n) is 9.53. The number of carbonyl (C=O) groups is 4. The lowest BCUT2D eigenvalue weighted by Crippen LogP contribution is -2.52. The van der Waals surface area contributed by atoms with Gasteiger partial charge in [0, 0.05) is 26.6 Å². The predicted molar refractivity (Wildman–Crippen MR) is 94.0 cm³/mol. The Hall–Kier alpha value is -2.12. The summed E-state index contributed by atoms with van der Waals surface area (Å²) in [6.07, 6.45) is 4.77. The van der Waals surface area contributed by atoms with Crippen LogP contribution in [-0.2, 0) is 14.4 Å². The molecule has 26 heavy (non-hydrogen) atoms. The minimum atomic E-state index is -0.783. The molecule has 1 unspecified atom stereocenters. The Morgan fingerprint density at radius 2 is 1.85 bits per heavy atom. The van der Waals surface area contributed by atoms with E-state index >= 15 is 0 Å². The summed E-state index contributed by atoms with van der Waals surface area (Å²) < 4.78 is 0. The zero-order valence-electron chi connectivity index (χ0n) is 15.5. The van der Waals surface area contributed by atoms with Gasteiger partial charge in [0.1, 0.15) is 11.6 Å². The zero-order chi connectivity index (χ0) is 18.9. The number of rotatable bonds is 4. The van der Waals surface area contributed by atoms with Gasteiger partial charge >= 0.3 is 6.03 Å². The third kappa shape index (κ3) is 3.41. The van der Waals surface area contributed by atoms with E-state index in [4.69, 9.17) is 0 Å². The second-order valence-electron chi connectivity index (χ2n) is 7.78. The summed E-state index contributed by atoms with van der Waals surface area (Å²) in [4.78, 5) is 51.9. The van der Waals surface area contributed by atoms with Gasteiger partial charge < -0.3 is 15.5 Å². The average Bonchev–Trinajstić information content (AvgIpc) is 3.18. The summed E-state index contributed by atoms with van der Waals surface area (Å²) in [5.74, 6) is -0.115. The van der Waals surface area contributed by atoms with Crippen molar-refractivity contribution in [3.63, 3.8) is 0 Å². The summed E-state index contributed by atoms with van der Waals surface area (Å²) in [7, 11) is 0. The number of hydrogen-bond acceptors (Lipinski definition) is 4. The second-order valence-corrected chi connectivity index (χ2v) is 7.78. The molecule has 2 saturated heterocycles. The molecule has 8 heteroatoms. The Labute approximate surface area is 153 Å². The molecular weight excluding hydrogens is 336 g/mol. The zero-order valence-corrected chi connectivity index (χ0v) is 15.5. The predicted octanol–water partition coefficient (Wildman–Crippen LogP) is 0.614. The Kier molecular flexibility index (Phi) is 5.20. The van der Waals surface area contributed by atoms with E-state index in [0.717, 1.165) is 30.6 Å². The molecule has 3 rings (SSSR count). The van der Waals surface area contributed by atoms with Crippen LogP contribution in [0.15, 0.2) is 0 Å². The number of piperidine rings is 1. The number of urea groups is 1. The molecule has 0 aromatic rings. The maximum atomic E-state index is 12.8. The van der Waals surface area contributed by atoms with Crippen molar-refractivity contribution in [2.24, 2.45) is 5.92 Å². The molecule has 1 atom stereocenters. The van der Waals surface area contributed by atoms with Gasteiger partial charge in [0.25, 0.3) is 5.91 Å². The highest BCUT2D eigenvalue weighted by Gasteiger charge is 2.54. The summed E-state index contributed by atoms with van der Waals surface area (Å²) in [5.41, 5.74) is -0.781. The number of nitrogens with one attached hydrogen (secondary N) is 2. The molecule has 1 spiro atoms. The molecule has 0 radical (unpaired) electrons. The van der Waals surface area contributed by atoms with Crippen molar-refractivity contribution in [3.05, 3.63) is 0 Å². The molecule has 2 heterocycles. The van der Waals surface area contributed by atoms with Gasteiger partial charge in [-0.3, -0.25) is 14.4 Å². The van der Waals surface area contributed by atoms with Crippen LogP contribution in [-0.4, -0.2) is 64.8 Å². The Bertz CT molecular complexity index is 606. The highest BCUT2D eigenvalue weighted by molar-refractivity contribution is 6.09. The van der Waals surface area contributed by atoms with Gasteiger partial charge in [-0.2, -0.15) is 0 Å². The van der Waals surface area contributed by atoms with Crippen LogP contribution >= 0.6 is 0 Å². The third-order valence-electron chi connectivity index (χ3n) is 5.96. The summed E-state index contributed by atoms with van der Waals surface area (Å²) in [5, 5.41) is 5.65. The van der Waals surface area contributed by atoms with E-state index in [2.05, 4.69) is 10.6 Å². The maximum Gasteiger partial charge on any atom is 0.325 e. The number of carbonyl (C=O) groups excluding carboxylic acids is 4. The molecule has 2 N–H and O–H groups in total. The largest absolute Gasteiger partial charge is 0.356 e. The van der Waals surface area contributed by atoms with Crippen LogP contribution in [0.25, 0.3) is 0 Å². The quantitative estimate of drug-likeness (QED) is 0.714. The minimum Gasteiger partial charge on any atom is -0.356 e. The Morgan fingerprint density at radius 1 is 1.23 bits per heavy atom. The molecule has 144 valence electrons. The van der Waals surface area contributed by atoms with Crippen molar-refractivity contribution in [3.8, 4) is 0 Å². The molecule has 2 aliphatic heterocycles. The fraction of sp³-hybridized carbons (Fsp3) is 0.778. The van der Waals surface area contributed by atoms with Crippen LogP contribution in [0.5, 0.6) is 0 Å². The first-order chi connectivity index (χ1) is 12.3. The molecule has 1 saturated carbocycles. The first kappa shape index (κ1) is 18.7. The van der Waals surface area contributed by atoms with E-state index in [-0.39, 0.29) is 17.7 Å². The van der Waals surface area contributed by atoms with Crippen molar-refractivity contribution >= 4 is 23.8 Å². The van der Waals surface area contributed by atoms with Crippen molar-refractivity contribution in [2.45, 2.75) is 64.0 Å². The van der Waals surface area contributed by atoms with Gasteiger partial charge in [0.15, 0.2) is 0 Å². The molecule has 1 aliphatic carbocycles. The molecule has 3 aliphatic rings. The van der Waals surface area contributed by atoms with Gasteiger partial charge in [0.2, 0.25) is 11.8 Å². The molecule has 3 fully saturated rings. The lowest BCUT2D eigenvalue weighted by molar-refractivity contribution is -0.143. The fourth-order valence-corrected chi connectivity index (χ4v) is 4.33. The van der Waals surface area contributed by atoms with Crippen molar-refractivity contribution in [1.82, 2.24) is 20.4 Å². The molecule has 5 amide bonds. The van der Waals surface area contributed by atoms with E-state index in [1.807, 2.05) is 0 Å². The molecule has 0 aromatic heterocycles. The highest BCUT2D eigenvalue weighted by atomic mass is 16.2. The van der Waals surface area contributed by atoms with E-state index in [9.17, 15) is 19.2 Å². The van der Waals surface area contributed by atoms with E-state index in [0.29, 0.717) is 38.4 Å². The van der Waals surface area contributed by atoms with Gasteiger partial charge in [-0.1, -0.05) is 12.8 Å². The maximum absolute atomic E-state index is 12.8. The van der Waals surface area contributed by atoms with Crippen LogP contribution in [0.2, 0.25) is 0 Å². The first-order valence-corrected chi connectivity index (χ1v) is 9.53. The molecule has 0 aromatic carbocycles. The molecule has 8 nitrogen and oxygen atoms in total. The van der Waals surface area contributed by atoms with Crippen LogP contribution in [0.1, 0.15) is 52.4 Å². The normalized spacial score (nSPS) is 24.1. The number of nitrogens with zero attached hydrogens (tertiary/aromatic N) is 2. The SMILES string of the molecule is CC(=O)NCC1CCN(C(=O)C(C)N2C(=O)NC3(CCCC3)C2=O)CC1. The van der Waals surface area contributed by atoms with Crippen LogP contribution < -0.4 is 10.6 Å². The standard InChI is InChI=1S/C18H28N4O4/c1-12(22-16(25)18(20-17(22)26)7-3-4-8-18)15(24)21-9-5-14(6-10-21)11-19-13(2)23/h12,14H,3-11H2,1-2H3,(H,19,23)(H,20,26). The fourth-order valence-electron chi connectivity index (χ4n) is 4.33. The van der Waals surface area contributed by atoms with Gasteiger partial charge in [0.05, 0.1) is 0 Å². The molecule has 0 bridgehead atoms. The van der Waals surface area contributed by atoms with E-state index in [1.165, 1.54) is 6.92 Å². The van der Waals surface area contributed by atoms with Crippen LogP contribution in [0, 0.1) is 5.92 Å². The van der Waals surface area contributed by atoms with E-state index in [1.54, 1.807) is 11.8 Å². The average molecular weight is 364 g/mol. The number of hydrogen-bond donors (Lipinski definition) is 2. The van der Waals surface area contributed by atoms with Crippen LogP contribution in [0.3, 0.4) is 0 Å². The van der Waals surface area contributed by atoms with Gasteiger partial charge in [-0.05, 0) is 38.5 Å². The minimum absolute atomic E-state index is 0.0449. The summed E-state index contributed by atoms with van der Waals surface area (Å²) in [6, 6.07) is -1.23. The smallest absolute Gasteiger partial charge is 0.325 e. The highest BCUT2D eigenvalue weighted by Crippen LogP contribution is 2.36. The number of likely N-dealkylation sites (tertiary alicyclic amines) is 1. The number of imide groups is 1. The number of amides is 5. The lowest BCUT2D eigenvalue weighted by atomic mass is 9.95. The monoisotopic (exact) mass is 364 g/mol. The van der Waals surface area contributed by atoms with Gasteiger partial charge in [-0.25, -0.2) is 9.69 Å². The topological polar surface area (TPSA) is 98.8 Å². The second kappa shape index (κ2) is 7.25. The third-order valence-corrected chi connectivity index (χ3v) is 5.96. The van der Waals surface area contributed by atoms with E-state index < -0.39 is 17.6 Å². The van der Waals surface area contributed by atoms with Crippen molar-refractivity contribution < 1.29 is 19.2 Å².